The van der Waals surface area contributed by atoms with Crippen molar-refractivity contribution in [2.45, 2.75) is 26.8 Å². The van der Waals surface area contributed by atoms with Gasteiger partial charge in [0.25, 0.3) is 5.56 Å². The molecular formula is C28H27ClN2O6S. The molecule has 1 atom stereocenters. The van der Waals surface area contributed by atoms with Gasteiger partial charge in [-0.1, -0.05) is 41.7 Å². The van der Waals surface area contributed by atoms with Gasteiger partial charge in [-0.05, 0) is 62.7 Å². The highest BCUT2D eigenvalue weighted by molar-refractivity contribution is 7.07. The van der Waals surface area contributed by atoms with Gasteiger partial charge in [-0.2, -0.15) is 0 Å². The molecule has 3 aromatic rings. The topological polar surface area (TPSA) is 99.4 Å². The van der Waals surface area contributed by atoms with Crippen molar-refractivity contribution in [2.75, 3.05) is 19.8 Å². The maximum Gasteiger partial charge on any atom is 0.338 e. The van der Waals surface area contributed by atoms with E-state index in [9.17, 15) is 14.7 Å². The molecule has 0 radical (unpaired) electrons. The van der Waals surface area contributed by atoms with Gasteiger partial charge < -0.3 is 19.3 Å². The average molecular weight is 555 g/mol. The number of carbonyl (C=O) groups is 1. The smallest absolute Gasteiger partial charge is 0.338 e. The van der Waals surface area contributed by atoms with Crippen molar-refractivity contribution in [1.82, 2.24) is 4.57 Å². The molecule has 0 fully saturated rings. The highest BCUT2D eigenvalue weighted by atomic mass is 35.5. The van der Waals surface area contributed by atoms with Gasteiger partial charge in [-0.15, -0.1) is 0 Å². The second-order valence-corrected chi connectivity index (χ2v) is 9.69. The summed E-state index contributed by atoms with van der Waals surface area (Å²) in [5.74, 6) is 0.399. The maximum absolute atomic E-state index is 13.8. The number of allylic oxidation sites excluding steroid dienone is 1. The lowest BCUT2D eigenvalue weighted by Gasteiger charge is -2.25. The van der Waals surface area contributed by atoms with Crippen molar-refractivity contribution in [3.8, 4) is 17.2 Å². The molecule has 4 rings (SSSR count). The van der Waals surface area contributed by atoms with E-state index in [0.717, 1.165) is 11.3 Å². The predicted molar refractivity (Wildman–Crippen MR) is 147 cm³/mol. The molecule has 1 N–H and O–H groups in total. The zero-order valence-electron chi connectivity index (χ0n) is 21.2. The van der Waals surface area contributed by atoms with Crippen molar-refractivity contribution < 1.29 is 24.1 Å². The van der Waals surface area contributed by atoms with E-state index in [2.05, 4.69) is 11.6 Å². The fraction of sp³-hybridized carbons (Fsp3) is 0.250. The molecule has 2 aromatic carbocycles. The predicted octanol–water partition coefficient (Wildman–Crippen LogP) is 4.12. The van der Waals surface area contributed by atoms with E-state index < -0.39 is 12.0 Å². The number of halogens is 1. The lowest BCUT2D eigenvalue weighted by Crippen LogP contribution is -2.40. The molecule has 0 unspecified atom stereocenters. The zero-order chi connectivity index (χ0) is 27.4. The third kappa shape index (κ3) is 5.39. The van der Waals surface area contributed by atoms with Gasteiger partial charge >= 0.3 is 5.97 Å². The molecule has 0 aliphatic carbocycles. The number of fused-ring (bicyclic) bond motifs is 1. The van der Waals surface area contributed by atoms with Gasteiger partial charge in [0.15, 0.2) is 16.3 Å². The third-order valence-corrected chi connectivity index (χ3v) is 6.95. The molecule has 0 saturated heterocycles. The molecule has 0 bridgehead atoms. The third-order valence-electron chi connectivity index (χ3n) is 5.73. The Labute approximate surface area is 228 Å². The van der Waals surface area contributed by atoms with Gasteiger partial charge in [0.2, 0.25) is 0 Å². The number of esters is 1. The Morgan fingerprint density at radius 2 is 1.97 bits per heavy atom. The van der Waals surface area contributed by atoms with E-state index >= 15 is 0 Å². The van der Waals surface area contributed by atoms with Crippen LogP contribution in [0.15, 0.2) is 70.1 Å². The molecule has 38 heavy (non-hydrogen) atoms. The second kappa shape index (κ2) is 11.7. The van der Waals surface area contributed by atoms with E-state index in [1.807, 2.05) is 6.92 Å². The monoisotopic (exact) mass is 554 g/mol. The van der Waals surface area contributed by atoms with Crippen LogP contribution in [0, 0.1) is 0 Å². The van der Waals surface area contributed by atoms with Gasteiger partial charge in [0.1, 0.15) is 12.4 Å². The first-order valence-electron chi connectivity index (χ1n) is 12.0. The first kappa shape index (κ1) is 27.2. The van der Waals surface area contributed by atoms with Crippen LogP contribution >= 0.6 is 22.9 Å². The maximum atomic E-state index is 13.8. The lowest BCUT2D eigenvalue weighted by molar-refractivity contribution is -0.139. The quantitative estimate of drug-likeness (QED) is 0.315. The Kier molecular flexibility index (Phi) is 8.38. The first-order chi connectivity index (χ1) is 18.3. The SMILES string of the molecule is C=CCOc1ccc([C@H]2C(C(=O)OCC)=C(C)N=c3s/c(=C\c4cc(Cl)ccc4O)c(=O)n32)cc1OCC. The van der Waals surface area contributed by atoms with E-state index in [-0.39, 0.29) is 23.5 Å². The van der Waals surface area contributed by atoms with Crippen LogP contribution in [0.5, 0.6) is 17.2 Å². The van der Waals surface area contributed by atoms with Crippen molar-refractivity contribution in [3.05, 3.63) is 96.2 Å². The van der Waals surface area contributed by atoms with Crippen LogP contribution in [-0.2, 0) is 9.53 Å². The Morgan fingerprint density at radius 3 is 2.68 bits per heavy atom. The Morgan fingerprint density at radius 1 is 1.18 bits per heavy atom. The minimum atomic E-state index is -0.826. The summed E-state index contributed by atoms with van der Waals surface area (Å²) in [7, 11) is 0. The Bertz CT molecular complexity index is 1600. The van der Waals surface area contributed by atoms with Gasteiger partial charge in [0, 0.05) is 10.6 Å². The second-order valence-electron chi connectivity index (χ2n) is 8.24. The van der Waals surface area contributed by atoms with Crippen LogP contribution in [0.4, 0.5) is 0 Å². The average Bonchev–Trinajstić information content (AvgIpc) is 3.19. The number of hydrogen-bond acceptors (Lipinski definition) is 8. The molecule has 0 spiro atoms. The van der Waals surface area contributed by atoms with Crippen molar-refractivity contribution in [2.24, 2.45) is 4.99 Å². The van der Waals surface area contributed by atoms with E-state index in [0.29, 0.717) is 55.9 Å². The highest BCUT2D eigenvalue weighted by Crippen LogP contribution is 2.36. The minimum absolute atomic E-state index is 0.0170. The summed E-state index contributed by atoms with van der Waals surface area (Å²) in [5, 5.41) is 10.7. The number of hydrogen-bond donors (Lipinski definition) is 1. The summed E-state index contributed by atoms with van der Waals surface area (Å²) in [6.45, 7) is 9.81. The summed E-state index contributed by atoms with van der Waals surface area (Å²) in [6, 6.07) is 9.03. The van der Waals surface area contributed by atoms with Crippen LogP contribution in [0.2, 0.25) is 5.02 Å². The highest BCUT2D eigenvalue weighted by Gasteiger charge is 2.34. The van der Waals surface area contributed by atoms with Crippen LogP contribution in [-0.4, -0.2) is 35.5 Å². The van der Waals surface area contributed by atoms with Crippen LogP contribution in [0.1, 0.15) is 37.9 Å². The number of benzene rings is 2. The summed E-state index contributed by atoms with van der Waals surface area (Å²) < 4.78 is 18.7. The molecule has 2 heterocycles. The summed E-state index contributed by atoms with van der Waals surface area (Å²) >= 11 is 7.25. The van der Waals surface area contributed by atoms with E-state index in [1.54, 1.807) is 56.3 Å². The number of phenolic OH excluding ortho intramolecular Hbond substituents is 1. The molecule has 1 aromatic heterocycles. The molecule has 1 aliphatic heterocycles. The molecule has 198 valence electrons. The summed E-state index contributed by atoms with van der Waals surface area (Å²) in [6.07, 6.45) is 3.19. The normalized spacial score (nSPS) is 15.1. The number of nitrogens with zero attached hydrogens (tertiary/aromatic N) is 2. The van der Waals surface area contributed by atoms with Crippen LogP contribution < -0.4 is 24.4 Å². The molecule has 0 amide bonds. The molecule has 0 saturated carbocycles. The van der Waals surface area contributed by atoms with Crippen molar-refractivity contribution in [1.29, 1.82) is 0 Å². The van der Waals surface area contributed by atoms with E-state index in [4.69, 9.17) is 25.8 Å². The number of rotatable bonds is 9. The van der Waals surface area contributed by atoms with Crippen LogP contribution in [0.25, 0.3) is 6.08 Å². The molecule has 8 nitrogen and oxygen atoms in total. The first-order valence-corrected chi connectivity index (χ1v) is 13.2. The Balaban J connectivity index is 1.96. The van der Waals surface area contributed by atoms with Crippen LogP contribution in [0.3, 0.4) is 0 Å². The van der Waals surface area contributed by atoms with Crippen molar-refractivity contribution >= 4 is 35.0 Å². The van der Waals surface area contributed by atoms with Gasteiger partial charge in [-0.25, -0.2) is 9.79 Å². The summed E-state index contributed by atoms with van der Waals surface area (Å²) in [5.41, 5.74) is 1.32. The fourth-order valence-electron chi connectivity index (χ4n) is 4.12. The lowest BCUT2D eigenvalue weighted by atomic mass is 9.95. The molecular weight excluding hydrogens is 528 g/mol. The summed E-state index contributed by atoms with van der Waals surface area (Å²) in [4.78, 5) is 31.9. The standard InChI is InChI=1S/C28H27ClN2O6S/c1-5-12-37-21-11-8-17(14-22(21)35-6-2)25-24(27(34)36-7-3)16(4)30-28-31(25)26(33)23(38-28)15-18-13-19(29)9-10-20(18)32/h5,8-11,13-15,25,32H,1,6-7,12H2,2-4H3/b23-15-/t25-/m0/s1. The largest absolute Gasteiger partial charge is 0.507 e. The van der Waals surface area contributed by atoms with Gasteiger partial charge in [0.05, 0.1) is 35.1 Å². The molecule has 10 heteroatoms. The van der Waals surface area contributed by atoms with E-state index in [1.165, 1.54) is 10.6 Å². The number of phenols is 1. The number of thiazole rings is 1. The Hall–Kier alpha value is -3.82. The number of aromatic nitrogens is 1. The molecule has 1 aliphatic rings. The number of aromatic hydroxyl groups is 1. The van der Waals surface area contributed by atoms with Gasteiger partial charge in [-0.3, -0.25) is 9.36 Å². The fourth-order valence-corrected chi connectivity index (χ4v) is 5.34. The zero-order valence-corrected chi connectivity index (χ0v) is 22.8. The van der Waals surface area contributed by atoms with Crippen molar-refractivity contribution in [3.63, 3.8) is 0 Å². The number of ether oxygens (including phenoxy) is 3. The minimum Gasteiger partial charge on any atom is -0.507 e. The number of carbonyl (C=O) groups excluding carboxylic acids is 1.